The molecule has 1 aliphatic carbocycles. The number of benzene rings is 2. The van der Waals surface area contributed by atoms with Crippen LogP contribution >= 0.6 is 0 Å². The lowest BCUT2D eigenvalue weighted by molar-refractivity contribution is -0.151. The molecule has 4 heteroatoms. The van der Waals surface area contributed by atoms with Gasteiger partial charge in [-0.2, -0.15) is 0 Å². The van der Waals surface area contributed by atoms with E-state index in [4.69, 9.17) is 0 Å². The molecule has 0 saturated heterocycles. The Morgan fingerprint density at radius 2 is 1.50 bits per heavy atom. The van der Waals surface area contributed by atoms with E-state index in [0.29, 0.717) is 19.3 Å². The predicted octanol–water partition coefficient (Wildman–Crippen LogP) is 3.68. The van der Waals surface area contributed by atoms with Crippen LogP contribution in [0.1, 0.15) is 36.3 Å². The van der Waals surface area contributed by atoms with Crippen molar-refractivity contribution >= 4 is 11.9 Å². The van der Waals surface area contributed by atoms with Gasteiger partial charge in [-0.05, 0) is 36.3 Å². The highest BCUT2D eigenvalue weighted by Crippen LogP contribution is 2.49. The second-order valence-corrected chi connectivity index (χ2v) is 6.46. The molecule has 0 radical (unpaired) electrons. The Balaban J connectivity index is 2.05. The molecule has 2 aromatic rings. The van der Waals surface area contributed by atoms with Crippen molar-refractivity contribution in [2.24, 2.45) is 5.92 Å². The Labute approximate surface area is 140 Å². The van der Waals surface area contributed by atoms with Crippen molar-refractivity contribution in [1.29, 1.82) is 0 Å². The third-order valence-electron chi connectivity index (χ3n) is 5.22. The van der Waals surface area contributed by atoms with Gasteiger partial charge in [0.25, 0.3) is 0 Å². The van der Waals surface area contributed by atoms with Gasteiger partial charge < -0.3 is 10.2 Å². The molecule has 3 unspecified atom stereocenters. The third kappa shape index (κ3) is 2.80. The quantitative estimate of drug-likeness (QED) is 0.899. The molecule has 0 spiro atoms. The van der Waals surface area contributed by atoms with Gasteiger partial charge in [-0.3, -0.25) is 9.59 Å². The van der Waals surface area contributed by atoms with Crippen molar-refractivity contribution < 1.29 is 19.8 Å². The van der Waals surface area contributed by atoms with Crippen LogP contribution in [-0.4, -0.2) is 22.2 Å². The number of hydrogen-bond donors (Lipinski definition) is 2. The van der Waals surface area contributed by atoms with Crippen LogP contribution in [0.2, 0.25) is 0 Å². The van der Waals surface area contributed by atoms with Crippen LogP contribution in [0.5, 0.6) is 0 Å². The average molecular weight is 324 g/mol. The van der Waals surface area contributed by atoms with Crippen molar-refractivity contribution in [2.45, 2.75) is 30.6 Å². The molecule has 124 valence electrons. The van der Waals surface area contributed by atoms with Gasteiger partial charge in [0, 0.05) is 0 Å². The van der Waals surface area contributed by atoms with Gasteiger partial charge in [0.1, 0.15) is 0 Å². The summed E-state index contributed by atoms with van der Waals surface area (Å²) >= 11 is 0. The van der Waals surface area contributed by atoms with Crippen molar-refractivity contribution in [1.82, 2.24) is 0 Å². The smallest absolute Gasteiger partial charge is 0.314 e. The molecule has 0 aliphatic heterocycles. The lowest BCUT2D eigenvalue weighted by Crippen LogP contribution is -2.44. The SMILES string of the molecule is O=C(O)C1CCC(C(=O)O)(c2ccccc2)CC1c1ccccc1. The fourth-order valence-corrected chi connectivity index (χ4v) is 3.91. The van der Waals surface area contributed by atoms with E-state index in [0.717, 1.165) is 11.1 Å². The number of aliphatic carboxylic acids is 2. The first-order valence-electron chi connectivity index (χ1n) is 8.11. The van der Waals surface area contributed by atoms with Crippen molar-refractivity contribution in [3.8, 4) is 0 Å². The first-order valence-corrected chi connectivity index (χ1v) is 8.11. The van der Waals surface area contributed by atoms with Gasteiger partial charge in [0.2, 0.25) is 0 Å². The molecule has 0 bridgehead atoms. The van der Waals surface area contributed by atoms with E-state index in [1.807, 2.05) is 60.7 Å². The van der Waals surface area contributed by atoms with Gasteiger partial charge >= 0.3 is 11.9 Å². The average Bonchev–Trinajstić information content (AvgIpc) is 2.62. The minimum absolute atomic E-state index is 0.299. The van der Waals surface area contributed by atoms with Crippen LogP contribution in [0.3, 0.4) is 0 Å². The van der Waals surface area contributed by atoms with Crippen LogP contribution < -0.4 is 0 Å². The van der Waals surface area contributed by atoms with E-state index >= 15 is 0 Å². The summed E-state index contributed by atoms with van der Waals surface area (Å²) in [5, 5.41) is 19.6. The first-order chi connectivity index (χ1) is 11.5. The summed E-state index contributed by atoms with van der Waals surface area (Å²) in [4.78, 5) is 23.9. The highest BCUT2D eigenvalue weighted by molar-refractivity contribution is 5.83. The number of carbonyl (C=O) groups is 2. The van der Waals surface area contributed by atoms with Gasteiger partial charge in [-0.1, -0.05) is 60.7 Å². The Bertz CT molecular complexity index is 726. The molecular formula is C20H20O4. The van der Waals surface area contributed by atoms with Crippen LogP contribution in [0.4, 0.5) is 0 Å². The molecule has 24 heavy (non-hydrogen) atoms. The fraction of sp³-hybridized carbons (Fsp3) is 0.300. The number of hydrogen-bond acceptors (Lipinski definition) is 2. The normalized spacial score (nSPS) is 26.7. The summed E-state index contributed by atoms with van der Waals surface area (Å²) in [5.41, 5.74) is 0.613. The van der Waals surface area contributed by atoms with E-state index in [-0.39, 0.29) is 5.92 Å². The summed E-state index contributed by atoms with van der Waals surface area (Å²) in [6, 6.07) is 18.6. The second kappa shape index (κ2) is 6.48. The molecule has 0 aromatic heterocycles. The molecule has 2 aromatic carbocycles. The van der Waals surface area contributed by atoms with Gasteiger partial charge in [-0.15, -0.1) is 0 Å². The molecular weight excluding hydrogens is 304 g/mol. The summed E-state index contributed by atoms with van der Waals surface area (Å²) in [5.74, 6) is -2.59. The van der Waals surface area contributed by atoms with E-state index in [1.165, 1.54) is 0 Å². The molecule has 1 saturated carbocycles. The lowest BCUT2D eigenvalue weighted by atomic mass is 9.61. The number of rotatable bonds is 4. The third-order valence-corrected chi connectivity index (χ3v) is 5.22. The topological polar surface area (TPSA) is 74.6 Å². The first kappa shape index (κ1) is 16.2. The molecule has 1 aliphatic rings. The molecule has 0 heterocycles. The summed E-state index contributed by atoms with van der Waals surface area (Å²) in [6.45, 7) is 0. The molecule has 4 nitrogen and oxygen atoms in total. The molecule has 3 rings (SSSR count). The van der Waals surface area contributed by atoms with Crippen molar-refractivity contribution in [3.63, 3.8) is 0 Å². The minimum Gasteiger partial charge on any atom is -0.481 e. The number of carboxylic acid groups (broad SMARTS) is 2. The largest absolute Gasteiger partial charge is 0.481 e. The van der Waals surface area contributed by atoms with Crippen molar-refractivity contribution in [3.05, 3.63) is 71.8 Å². The minimum atomic E-state index is -1.03. The van der Waals surface area contributed by atoms with Crippen LogP contribution in [0.15, 0.2) is 60.7 Å². The van der Waals surface area contributed by atoms with E-state index in [9.17, 15) is 19.8 Å². The van der Waals surface area contributed by atoms with Crippen LogP contribution in [0.25, 0.3) is 0 Å². The Hall–Kier alpha value is -2.62. The second-order valence-electron chi connectivity index (χ2n) is 6.46. The van der Waals surface area contributed by atoms with Gasteiger partial charge in [0.05, 0.1) is 11.3 Å². The summed E-state index contributed by atoms with van der Waals surface area (Å²) in [6.07, 6.45) is 0.996. The predicted molar refractivity (Wildman–Crippen MR) is 89.9 cm³/mol. The van der Waals surface area contributed by atoms with E-state index in [2.05, 4.69) is 0 Å². The molecule has 1 fully saturated rings. The highest BCUT2D eigenvalue weighted by atomic mass is 16.4. The molecule has 3 atom stereocenters. The maximum absolute atomic E-state index is 12.2. The Kier molecular flexibility index (Phi) is 4.38. The zero-order chi connectivity index (χ0) is 17.2. The monoisotopic (exact) mass is 324 g/mol. The summed E-state index contributed by atoms with van der Waals surface area (Å²) < 4.78 is 0. The molecule has 0 amide bonds. The Morgan fingerprint density at radius 3 is 2.04 bits per heavy atom. The fourth-order valence-electron chi connectivity index (χ4n) is 3.91. The lowest BCUT2D eigenvalue weighted by Gasteiger charge is -2.41. The van der Waals surface area contributed by atoms with Gasteiger partial charge in [-0.25, -0.2) is 0 Å². The zero-order valence-corrected chi connectivity index (χ0v) is 13.3. The standard InChI is InChI=1S/C20H20O4/c21-18(22)16-11-12-20(19(23)24,15-9-5-2-6-10-15)13-17(16)14-7-3-1-4-8-14/h1-10,16-17H,11-13H2,(H,21,22)(H,23,24). The highest BCUT2D eigenvalue weighted by Gasteiger charge is 2.49. The Morgan fingerprint density at radius 1 is 0.917 bits per heavy atom. The summed E-state index contributed by atoms with van der Waals surface area (Å²) in [7, 11) is 0. The van der Waals surface area contributed by atoms with Gasteiger partial charge in [0.15, 0.2) is 0 Å². The van der Waals surface area contributed by atoms with Crippen LogP contribution in [-0.2, 0) is 15.0 Å². The van der Waals surface area contributed by atoms with Crippen molar-refractivity contribution in [2.75, 3.05) is 0 Å². The molecule has 2 N–H and O–H groups in total. The van der Waals surface area contributed by atoms with Crippen LogP contribution in [0, 0.1) is 5.92 Å². The number of carboxylic acids is 2. The maximum atomic E-state index is 12.2. The zero-order valence-electron chi connectivity index (χ0n) is 13.3. The maximum Gasteiger partial charge on any atom is 0.314 e. The van der Waals surface area contributed by atoms with E-state index < -0.39 is 23.3 Å². The van der Waals surface area contributed by atoms with E-state index in [1.54, 1.807) is 0 Å².